The van der Waals surface area contributed by atoms with Crippen molar-refractivity contribution in [2.24, 2.45) is 0 Å². The van der Waals surface area contributed by atoms with E-state index in [9.17, 15) is 4.79 Å². The van der Waals surface area contributed by atoms with Gasteiger partial charge in [-0.15, -0.1) is 0 Å². The number of aryl methyl sites for hydroxylation is 1. The second-order valence-electron chi connectivity index (χ2n) is 7.76. The number of benzene rings is 1. The minimum absolute atomic E-state index is 0.501. The van der Waals surface area contributed by atoms with Crippen molar-refractivity contribution in [1.82, 2.24) is 14.5 Å². The molecule has 0 unspecified atom stereocenters. The third kappa shape index (κ3) is 3.99. The largest absolute Gasteiger partial charge is 0.444 e. The van der Waals surface area contributed by atoms with E-state index in [0.717, 1.165) is 28.2 Å². The highest BCUT2D eigenvalue weighted by Gasteiger charge is 2.20. The molecule has 29 heavy (non-hydrogen) atoms. The number of hydrogen-bond donors (Lipinski definition) is 1. The van der Waals surface area contributed by atoms with Gasteiger partial charge < -0.3 is 13.7 Å². The predicted octanol–water partition coefficient (Wildman–Crippen LogP) is 5.31. The van der Waals surface area contributed by atoms with Crippen molar-refractivity contribution in [2.45, 2.75) is 33.3 Å². The van der Waals surface area contributed by atoms with Gasteiger partial charge in [0.15, 0.2) is 0 Å². The van der Waals surface area contributed by atoms with Gasteiger partial charge >= 0.3 is 6.09 Å². The summed E-state index contributed by atoms with van der Waals surface area (Å²) in [6.45, 7) is 7.34. The van der Waals surface area contributed by atoms with Gasteiger partial charge in [-0.1, -0.05) is 35.5 Å². The van der Waals surface area contributed by atoms with Gasteiger partial charge in [-0.3, -0.25) is 5.32 Å². The number of fused-ring (bicyclic) bond motifs is 1. The molecule has 4 rings (SSSR count). The smallest absolute Gasteiger partial charge is 0.412 e. The monoisotopic (exact) mass is 390 g/mol. The molecule has 4 aromatic rings. The van der Waals surface area contributed by atoms with Crippen LogP contribution in [-0.4, -0.2) is 26.2 Å². The molecule has 7 heteroatoms. The van der Waals surface area contributed by atoms with Crippen molar-refractivity contribution >= 4 is 17.4 Å². The topological polar surface area (TPSA) is 81.7 Å². The van der Waals surface area contributed by atoms with Crippen LogP contribution < -0.4 is 5.32 Å². The summed E-state index contributed by atoms with van der Waals surface area (Å²) in [7, 11) is 0. The lowest BCUT2D eigenvalue weighted by atomic mass is 10.0. The van der Waals surface area contributed by atoms with E-state index in [4.69, 9.17) is 14.2 Å². The number of rotatable bonds is 3. The van der Waals surface area contributed by atoms with Crippen molar-refractivity contribution in [3.05, 3.63) is 60.6 Å². The van der Waals surface area contributed by atoms with E-state index in [2.05, 4.69) is 10.5 Å². The highest BCUT2D eigenvalue weighted by Crippen LogP contribution is 2.33. The zero-order valence-corrected chi connectivity index (χ0v) is 16.8. The van der Waals surface area contributed by atoms with Gasteiger partial charge in [0.2, 0.25) is 0 Å². The van der Waals surface area contributed by atoms with E-state index in [1.165, 1.54) is 0 Å². The summed E-state index contributed by atoms with van der Waals surface area (Å²) in [6.07, 6.45) is 3.18. The molecule has 0 aliphatic carbocycles. The number of carbonyl (C=O) groups is 1. The van der Waals surface area contributed by atoms with E-state index in [-0.39, 0.29) is 0 Å². The zero-order chi connectivity index (χ0) is 20.6. The van der Waals surface area contributed by atoms with Crippen LogP contribution in [0.2, 0.25) is 0 Å². The van der Waals surface area contributed by atoms with Gasteiger partial charge in [-0.05, 0) is 39.8 Å². The van der Waals surface area contributed by atoms with Crippen LogP contribution in [0.4, 0.5) is 10.5 Å². The lowest BCUT2D eigenvalue weighted by Crippen LogP contribution is -2.27. The SMILES string of the molecule is Cc1onc(-c2ccccc2)c1-c1cn2cc(NC(=O)OC(C)(C)C)ccc2n1. The number of nitrogens with zero attached hydrogens (tertiary/aromatic N) is 3. The standard InChI is InChI=1S/C22H22N4O3/c1-14-19(20(25-29-14)15-8-6-5-7-9-15)17-13-26-12-16(10-11-18(26)24-17)23-21(27)28-22(2,3)4/h5-13H,1-4H3,(H,23,27). The Kier molecular flexibility index (Phi) is 4.58. The maximum atomic E-state index is 12.0. The molecule has 0 aliphatic rings. The Morgan fingerprint density at radius 3 is 2.59 bits per heavy atom. The van der Waals surface area contributed by atoms with Crippen molar-refractivity contribution in [2.75, 3.05) is 5.32 Å². The summed E-state index contributed by atoms with van der Waals surface area (Å²) >= 11 is 0. The lowest BCUT2D eigenvalue weighted by Gasteiger charge is -2.19. The van der Waals surface area contributed by atoms with Crippen molar-refractivity contribution in [3.8, 4) is 22.5 Å². The third-order valence-electron chi connectivity index (χ3n) is 4.26. The number of hydrogen-bond acceptors (Lipinski definition) is 5. The summed E-state index contributed by atoms with van der Waals surface area (Å²) in [6, 6.07) is 13.5. The molecule has 0 saturated carbocycles. The summed E-state index contributed by atoms with van der Waals surface area (Å²) in [5.41, 5.74) is 4.10. The van der Waals surface area contributed by atoms with Gasteiger partial charge in [-0.25, -0.2) is 9.78 Å². The molecule has 148 valence electrons. The highest BCUT2D eigenvalue weighted by atomic mass is 16.6. The van der Waals surface area contributed by atoms with Crippen molar-refractivity contribution in [1.29, 1.82) is 0 Å². The number of nitrogens with one attached hydrogen (secondary N) is 1. The van der Waals surface area contributed by atoms with E-state index < -0.39 is 11.7 Å². The fraction of sp³-hybridized carbons (Fsp3) is 0.227. The van der Waals surface area contributed by atoms with Crippen molar-refractivity contribution in [3.63, 3.8) is 0 Å². The lowest BCUT2D eigenvalue weighted by molar-refractivity contribution is 0.0636. The van der Waals surface area contributed by atoms with Gasteiger partial charge in [-0.2, -0.15) is 0 Å². The average Bonchev–Trinajstić information content (AvgIpc) is 3.23. The Morgan fingerprint density at radius 2 is 1.86 bits per heavy atom. The Bertz CT molecular complexity index is 1170. The second-order valence-corrected chi connectivity index (χ2v) is 7.76. The van der Waals surface area contributed by atoms with Crippen LogP contribution in [0.15, 0.2) is 59.4 Å². The molecule has 0 saturated heterocycles. The molecule has 0 fully saturated rings. The van der Waals surface area contributed by atoms with Crippen LogP contribution in [-0.2, 0) is 4.74 Å². The first-order chi connectivity index (χ1) is 13.8. The summed E-state index contributed by atoms with van der Waals surface area (Å²) in [5, 5.41) is 6.97. The number of aromatic nitrogens is 3. The first-order valence-corrected chi connectivity index (χ1v) is 9.31. The van der Waals surface area contributed by atoms with E-state index in [1.807, 2.05) is 74.7 Å². The number of anilines is 1. The van der Waals surface area contributed by atoms with Crippen molar-refractivity contribution < 1.29 is 14.1 Å². The molecular formula is C22H22N4O3. The summed E-state index contributed by atoms with van der Waals surface area (Å²) in [4.78, 5) is 16.7. The van der Waals surface area contributed by atoms with Gasteiger partial charge in [0.05, 0.1) is 16.9 Å². The molecule has 0 radical (unpaired) electrons. The first kappa shape index (κ1) is 18.7. The maximum absolute atomic E-state index is 12.0. The van der Waals surface area contributed by atoms with E-state index >= 15 is 0 Å². The molecule has 0 bridgehead atoms. The molecule has 1 amide bonds. The Hall–Kier alpha value is -3.61. The Labute approximate surface area is 168 Å². The number of pyridine rings is 1. The molecular weight excluding hydrogens is 368 g/mol. The Morgan fingerprint density at radius 1 is 1.10 bits per heavy atom. The normalized spacial score (nSPS) is 11.6. The zero-order valence-electron chi connectivity index (χ0n) is 16.8. The van der Waals surface area contributed by atoms with Crippen LogP contribution >= 0.6 is 0 Å². The predicted molar refractivity (Wildman–Crippen MR) is 111 cm³/mol. The summed E-state index contributed by atoms with van der Waals surface area (Å²) in [5.74, 6) is 0.694. The molecule has 1 aromatic carbocycles. The third-order valence-corrected chi connectivity index (χ3v) is 4.26. The number of imidazole rings is 1. The average molecular weight is 390 g/mol. The van der Waals surface area contributed by atoms with Crippen LogP contribution in [0.5, 0.6) is 0 Å². The Balaban J connectivity index is 1.67. The fourth-order valence-corrected chi connectivity index (χ4v) is 3.07. The van der Waals surface area contributed by atoms with E-state index in [0.29, 0.717) is 11.4 Å². The van der Waals surface area contributed by atoms with Crippen LogP contribution in [0.1, 0.15) is 26.5 Å². The number of carbonyl (C=O) groups excluding carboxylic acids is 1. The highest BCUT2D eigenvalue weighted by molar-refractivity contribution is 5.85. The van der Waals surface area contributed by atoms with Crippen LogP contribution in [0.3, 0.4) is 0 Å². The van der Waals surface area contributed by atoms with Gasteiger partial charge in [0, 0.05) is 18.0 Å². The van der Waals surface area contributed by atoms with Crippen LogP contribution in [0.25, 0.3) is 28.2 Å². The molecule has 3 aromatic heterocycles. The molecule has 1 N–H and O–H groups in total. The van der Waals surface area contributed by atoms with Crippen LogP contribution in [0, 0.1) is 6.92 Å². The first-order valence-electron chi connectivity index (χ1n) is 9.31. The molecule has 3 heterocycles. The quantitative estimate of drug-likeness (QED) is 0.512. The number of ether oxygens (including phenoxy) is 1. The van der Waals surface area contributed by atoms with Gasteiger partial charge in [0.1, 0.15) is 22.7 Å². The number of amides is 1. The second kappa shape index (κ2) is 7.09. The molecule has 0 aliphatic heterocycles. The maximum Gasteiger partial charge on any atom is 0.412 e. The fourth-order valence-electron chi connectivity index (χ4n) is 3.07. The molecule has 7 nitrogen and oxygen atoms in total. The molecule has 0 atom stereocenters. The summed E-state index contributed by atoms with van der Waals surface area (Å²) < 4.78 is 12.6. The molecule has 0 spiro atoms. The van der Waals surface area contributed by atoms with E-state index in [1.54, 1.807) is 12.3 Å². The minimum Gasteiger partial charge on any atom is -0.444 e. The van der Waals surface area contributed by atoms with Gasteiger partial charge in [0.25, 0.3) is 0 Å². The minimum atomic E-state index is -0.560.